The first kappa shape index (κ1) is 14.2. The molecule has 0 aliphatic rings. The predicted molar refractivity (Wildman–Crippen MR) is 74.2 cm³/mol. The molecule has 0 aliphatic heterocycles. The highest BCUT2D eigenvalue weighted by Crippen LogP contribution is 2.10. The van der Waals surface area contributed by atoms with E-state index < -0.39 is 0 Å². The van der Waals surface area contributed by atoms with Crippen LogP contribution in [-0.4, -0.2) is 0 Å². The molecule has 0 amide bonds. The van der Waals surface area contributed by atoms with E-state index in [1.165, 1.54) is 49.7 Å². The Balaban J connectivity index is 2.84. The molecule has 0 bridgehead atoms. The van der Waals surface area contributed by atoms with E-state index in [1.807, 2.05) is 0 Å². The predicted octanol–water partition coefficient (Wildman–Crippen LogP) is 4.24. The Morgan fingerprint density at radius 3 is 1.76 bits per heavy atom. The number of nitrogens with zero attached hydrogens (tertiary/aromatic N) is 1. The highest BCUT2D eigenvalue weighted by Gasteiger charge is 2.10. The van der Waals surface area contributed by atoms with Gasteiger partial charge in [0.05, 0.1) is 0 Å². The molecule has 1 aromatic heterocycles. The molecule has 0 aromatic carbocycles. The van der Waals surface area contributed by atoms with Crippen LogP contribution < -0.4 is 4.57 Å². The molecular formula is C16H28N+. The molecule has 17 heavy (non-hydrogen) atoms. The maximum Gasteiger partial charge on any atom is 0.172 e. The zero-order valence-electron chi connectivity index (χ0n) is 12.0. The second kappa shape index (κ2) is 7.47. The highest BCUT2D eigenvalue weighted by molar-refractivity contribution is 5.15. The molecule has 0 aliphatic carbocycles. The van der Waals surface area contributed by atoms with E-state index in [4.69, 9.17) is 0 Å². The van der Waals surface area contributed by atoms with Gasteiger partial charge >= 0.3 is 0 Å². The van der Waals surface area contributed by atoms with Crippen molar-refractivity contribution in [3.8, 4) is 0 Å². The molecule has 0 atom stereocenters. The van der Waals surface area contributed by atoms with Gasteiger partial charge < -0.3 is 0 Å². The van der Waals surface area contributed by atoms with Gasteiger partial charge in [-0.15, -0.1) is 0 Å². The molecule has 0 fully saturated rings. The van der Waals surface area contributed by atoms with E-state index in [-0.39, 0.29) is 0 Å². The zero-order chi connectivity index (χ0) is 12.7. The molecule has 0 N–H and O–H groups in total. The van der Waals surface area contributed by atoms with Gasteiger partial charge in [0.2, 0.25) is 0 Å². The van der Waals surface area contributed by atoms with Gasteiger partial charge in [0.1, 0.15) is 0 Å². The Hall–Kier alpha value is -0.850. The van der Waals surface area contributed by atoms with E-state index in [9.17, 15) is 0 Å². The summed E-state index contributed by atoms with van der Waals surface area (Å²) in [4.78, 5) is 0. The largest absolute Gasteiger partial charge is 0.203 e. The van der Waals surface area contributed by atoms with Crippen molar-refractivity contribution in [3.05, 3.63) is 29.6 Å². The Morgan fingerprint density at radius 1 is 0.941 bits per heavy atom. The molecule has 96 valence electrons. The zero-order valence-corrected chi connectivity index (χ0v) is 12.0. The minimum atomic E-state index is 0.567. The third-order valence-electron chi connectivity index (χ3n) is 3.23. The minimum Gasteiger partial charge on any atom is -0.203 e. The minimum absolute atomic E-state index is 0.567. The van der Waals surface area contributed by atoms with Gasteiger partial charge in [-0.3, -0.25) is 0 Å². The van der Waals surface area contributed by atoms with Crippen LogP contribution in [0.3, 0.4) is 0 Å². The average Bonchev–Trinajstić information content (AvgIpc) is 2.33. The third kappa shape index (κ3) is 4.89. The fourth-order valence-corrected chi connectivity index (χ4v) is 2.07. The lowest BCUT2D eigenvalue weighted by atomic mass is 10.0. The van der Waals surface area contributed by atoms with Crippen molar-refractivity contribution in [2.24, 2.45) is 0 Å². The lowest BCUT2D eigenvalue weighted by molar-refractivity contribution is -0.716. The molecule has 1 rings (SSSR count). The van der Waals surface area contributed by atoms with Crippen LogP contribution >= 0.6 is 0 Å². The van der Waals surface area contributed by atoms with Crippen molar-refractivity contribution < 1.29 is 4.57 Å². The van der Waals surface area contributed by atoms with Gasteiger partial charge in [0.15, 0.2) is 18.4 Å². The summed E-state index contributed by atoms with van der Waals surface area (Å²) in [6.45, 7) is 9.04. The molecule has 1 heterocycles. The average molecular weight is 234 g/mol. The van der Waals surface area contributed by atoms with Crippen molar-refractivity contribution >= 4 is 0 Å². The maximum absolute atomic E-state index is 2.41. The number of unbranched alkanes of at least 4 members (excludes halogenated alkanes) is 2. The highest BCUT2D eigenvalue weighted by atomic mass is 15.0. The van der Waals surface area contributed by atoms with Gasteiger partial charge in [-0.25, -0.2) is 4.57 Å². The fourth-order valence-electron chi connectivity index (χ4n) is 2.07. The van der Waals surface area contributed by atoms with Crippen LogP contribution in [0.4, 0.5) is 0 Å². The number of rotatable bonds is 7. The first-order chi connectivity index (χ1) is 8.17. The maximum atomic E-state index is 2.41. The summed E-state index contributed by atoms with van der Waals surface area (Å²) in [5, 5.41) is 0. The normalized spacial score (nSPS) is 11.1. The summed E-state index contributed by atoms with van der Waals surface area (Å²) in [5.74, 6) is 0. The van der Waals surface area contributed by atoms with E-state index in [2.05, 4.69) is 50.7 Å². The topological polar surface area (TPSA) is 3.88 Å². The molecular weight excluding hydrogens is 206 g/mol. The summed E-state index contributed by atoms with van der Waals surface area (Å²) in [7, 11) is 0. The molecule has 1 nitrogen and oxygen atoms in total. The van der Waals surface area contributed by atoms with Crippen molar-refractivity contribution in [3.63, 3.8) is 0 Å². The van der Waals surface area contributed by atoms with Gasteiger partial charge in [-0.1, -0.05) is 26.7 Å². The third-order valence-corrected chi connectivity index (χ3v) is 3.23. The standard InChI is InChI=1S/C16H28N/c1-5-7-9-15-11-16(10-8-6-2)13-17(12-15)14(3)4/h11-14H,5-10H2,1-4H3/q+1. The summed E-state index contributed by atoms with van der Waals surface area (Å²) >= 11 is 0. The second-order valence-electron chi connectivity index (χ2n) is 5.30. The van der Waals surface area contributed by atoms with Gasteiger partial charge in [0, 0.05) is 11.1 Å². The number of hydrogen-bond donors (Lipinski definition) is 0. The van der Waals surface area contributed by atoms with Crippen molar-refractivity contribution in [1.29, 1.82) is 0 Å². The summed E-state index contributed by atoms with van der Waals surface area (Å²) < 4.78 is 2.37. The molecule has 0 unspecified atom stereocenters. The smallest absolute Gasteiger partial charge is 0.172 e. The van der Waals surface area contributed by atoms with Gasteiger partial charge in [-0.05, 0) is 45.6 Å². The fraction of sp³-hybridized carbons (Fsp3) is 0.688. The summed E-state index contributed by atoms with van der Waals surface area (Å²) in [5.41, 5.74) is 3.02. The lowest BCUT2D eigenvalue weighted by Crippen LogP contribution is -2.36. The van der Waals surface area contributed by atoms with Gasteiger partial charge in [0.25, 0.3) is 0 Å². The SMILES string of the molecule is CCCCc1cc(CCCC)c[n+](C(C)C)c1. The van der Waals surface area contributed by atoms with E-state index in [0.29, 0.717) is 6.04 Å². The Kier molecular flexibility index (Phi) is 6.25. The van der Waals surface area contributed by atoms with Crippen LogP contribution in [-0.2, 0) is 12.8 Å². The number of aromatic nitrogens is 1. The van der Waals surface area contributed by atoms with Crippen LogP contribution in [0.2, 0.25) is 0 Å². The van der Waals surface area contributed by atoms with Gasteiger partial charge in [-0.2, -0.15) is 0 Å². The molecule has 1 aromatic rings. The summed E-state index contributed by atoms with van der Waals surface area (Å²) in [6, 6.07) is 2.97. The summed E-state index contributed by atoms with van der Waals surface area (Å²) in [6.07, 6.45) is 12.3. The van der Waals surface area contributed by atoms with Crippen molar-refractivity contribution in [1.82, 2.24) is 0 Å². The first-order valence-electron chi connectivity index (χ1n) is 7.21. The monoisotopic (exact) mass is 234 g/mol. The lowest BCUT2D eigenvalue weighted by Gasteiger charge is -2.07. The van der Waals surface area contributed by atoms with Crippen LogP contribution in [0, 0.1) is 0 Å². The van der Waals surface area contributed by atoms with Crippen molar-refractivity contribution in [2.75, 3.05) is 0 Å². The molecule has 1 heteroatoms. The Morgan fingerprint density at radius 2 is 1.41 bits per heavy atom. The number of aryl methyl sites for hydroxylation is 2. The quantitative estimate of drug-likeness (QED) is 0.621. The Labute approximate surface area is 107 Å². The van der Waals surface area contributed by atoms with Crippen LogP contribution in [0.15, 0.2) is 18.5 Å². The van der Waals surface area contributed by atoms with Crippen LogP contribution in [0.5, 0.6) is 0 Å². The van der Waals surface area contributed by atoms with Crippen LogP contribution in [0.25, 0.3) is 0 Å². The molecule has 0 spiro atoms. The second-order valence-corrected chi connectivity index (χ2v) is 5.30. The van der Waals surface area contributed by atoms with E-state index in [1.54, 1.807) is 0 Å². The van der Waals surface area contributed by atoms with Crippen molar-refractivity contribution in [2.45, 2.75) is 72.3 Å². The van der Waals surface area contributed by atoms with E-state index in [0.717, 1.165) is 0 Å². The number of pyridine rings is 1. The molecule has 0 saturated heterocycles. The number of hydrogen-bond acceptors (Lipinski definition) is 0. The molecule has 0 saturated carbocycles. The first-order valence-corrected chi connectivity index (χ1v) is 7.21. The Bertz CT molecular complexity index is 302. The molecule has 0 radical (unpaired) electrons. The van der Waals surface area contributed by atoms with Crippen LogP contribution in [0.1, 0.15) is 70.5 Å². The van der Waals surface area contributed by atoms with E-state index >= 15 is 0 Å².